The van der Waals surface area contributed by atoms with Gasteiger partial charge in [-0.25, -0.2) is 0 Å². The molecule has 1 nitrogen and oxygen atoms in total. The minimum atomic E-state index is 0.693. The van der Waals surface area contributed by atoms with Crippen LogP contribution in [0, 0.1) is 5.92 Å². The standard InChI is InChI=1S/C12H23N/c1-6-9(4)11(7-2)13-10(5)12(13)8-3/h9,11-12H,5-8H2,1-4H3. The molecule has 3 unspecified atom stereocenters. The van der Waals surface area contributed by atoms with Gasteiger partial charge in [0.15, 0.2) is 0 Å². The summed E-state index contributed by atoms with van der Waals surface area (Å²) in [7, 11) is 0. The third-order valence-corrected chi connectivity index (χ3v) is 3.45. The first-order chi connectivity index (χ1) is 6.17. The van der Waals surface area contributed by atoms with Crippen molar-refractivity contribution >= 4 is 0 Å². The second-order valence-electron chi connectivity index (χ2n) is 4.18. The predicted molar refractivity (Wildman–Crippen MR) is 58.6 cm³/mol. The predicted octanol–water partition coefficient (Wildman–Crippen LogP) is 3.42. The van der Waals surface area contributed by atoms with Crippen LogP contribution in [0.4, 0.5) is 0 Å². The van der Waals surface area contributed by atoms with Crippen molar-refractivity contribution in [3.63, 3.8) is 0 Å². The lowest BCUT2D eigenvalue weighted by molar-refractivity contribution is 0.268. The first-order valence-electron chi connectivity index (χ1n) is 5.64. The summed E-state index contributed by atoms with van der Waals surface area (Å²) in [5.74, 6) is 0.804. The Hall–Kier alpha value is -0.460. The summed E-state index contributed by atoms with van der Waals surface area (Å²) in [6, 6.07) is 1.43. The van der Waals surface area contributed by atoms with Gasteiger partial charge in [-0.1, -0.05) is 40.7 Å². The van der Waals surface area contributed by atoms with Gasteiger partial charge in [0.25, 0.3) is 0 Å². The fourth-order valence-corrected chi connectivity index (χ4v) is 2.32. The lowest BCUT2D eigenvalue weighted by atomic mass is 9.97. The number of nitrogens with zero attached hydrogens (tertiary/aromatic N) is 1. The van der Waals surface area contributed by atoms with E-state index in [-0.39, 0.29) is 0 Å². The second kappa shape index (κ2) is 4.17. The van der Waals surface area contributed by atoms with Crippen LogP contribution < -0.4 is 0 Å². The van der Waals surface area contributed by atoms with Crippen LogP contribution in [0.15, 0.2) is 12.3 Å². The van der Waals surface area contributed by atoms with Gasteiger partial charge in [0, 0.05) is 11.7 Å². The first-order valence-corrected chi connectivity index (χ1v) is 5.64. The van der Waals surface area contributed by atoms with Gasteiger partial charge in [-0.05, 0) is 18.8 Å². The van der Waals surface area contributed by atoms with Crippen LogP contribution in [0.2, 0.25) is 0 Å². The molecule has 1 rings (SSSR count). The summed E-state index contributed by atoms with van der Waals surface area (Å²) < 4.78 is 0. The Balaban J connectivity index is 2.54. The van der Waals surface area contributed by atoms with Crippen molar-refractivity contribution in [2.45, 2.75) is 59.0 Å². The smallest absolute Gasteiger partial charge is 0.0682 e. The molecule has 0 aromatic rings. The molecule has 0 aliphatic carbocycles. The van der Waals surface area contributed by atoms with Gasteiger partial charge in [0.05, 0.1) is 6.04 Å². The molecule has 1 heteroatoms. The highest BCUT2D eigenvalue weighted by atomic mass is 15.3. The van der Waals surface area contributed by atoms with E-state index < -0.39 is 0 Å². The maximum atomic E-state index is 4.11. The zero-order chi connectivity index (χ0) is 10.0. The van der Waals surface area contributed by atoms with E-state index in [2.05, 4.69) is 39.2 Å². The van der Waals surface area contributed by atoms with Crippen LogP contribution in [0.3, 0.4) is 0 Å². The number of rotatable bonds is 5. The van der Waals surface area contributed by atoms with E-state index in [1.807, 2.05) is 0 Å². The van der Waals surface area contributed by atoms with Gasteiger partial charge in [0.1, 0.15) is 0 Å². The third kappa shape index (κ3) is 1.90. The zero-order valence-electron chi connectivity index (χ0n) is 9.51. The van der Waals surface area contributed by atoms with E-state index in [1.54, 1.807) is 0 Å². The normalized spacial score (nSPS) is 26.0. The summed E-state index contributed by atoms with van der Waals surface area (Å²) >= 11 is 0. The summed E-state index contributed by atoms with van der Waals surface area (Å²) in [5.41, 5.74) is 1.37. The maximum absolute atomic E-state index is 4.11. The summed E-state index contributed by atoms with van der Waals surface area (Å²) in [6.07, 6.45) is 3.76. The molecule has 0 aromatic heterocycles. The van der Waals surface area contributed by atoms with Crippen molar-refractivity contribution in [1.29, 1.82) is 0 Å². The summed E-state index contributed by atoms with van der Waals surface area (Å²) in [5, 5.41) is 0. The Morgan fingerprint density at radius 2 is 1.92 bits per heavy atom. The average Bonchev–Trinajstić information content (AvgIpc) is 2.78. The molecule has 1 aliphatic rings. The maximum Gasteiger partial charge on any atom is 0.0682 e. The molecule has 0 saturated carbocycles. The van der Waals surface area contributed by atoms with E-state index in [1.165, 1.54) is 25.0 Å². The fraction of sp³-hybridized carbons (Fsp3) is 0.833. The van der Waals surface area contributed by atoms with Gasteiger partial charge in [-0.15, -0.1) is 0 Å². The van der Waals surface area contributed by atoms with E-state index in [9.17, 15) is 0 Å². The van der Waals surface area contributed by atoms with Crippen molar-refractivity contribution in [3.8, 4) is 0 Å². The van der Waals surface area contributed by atoms with E-state index in [0.29, 0.717) is 6.04 Å². The molecule has 1 heterocycles. The van der Waals surface area contributed by atoms with Crippen LogP contribution in [-0.4, -0.2) is 17.0 Å². The molecular formula is C12H23N. The quantitative estimate of drug-likeness (QED) is 0.587. The van der Waals surface area contributed by atoms with Crippen LogP contribution in [0.5, 0.6) is 0 Å². The van der Waals surface area contributed by atoms with Gasteiger partial charge in [0.2, 0.25) is 0 Å². The summed E-state index contributed by atoms with van der Waals surface area (Å²) in [4.78, 5) is 2.52. The van der Waals surface area contributed by atoms with E-state index in [4.69, 9.17) is 0 Å². The van der Waals surface area contributed by atoms with Gasteiger partial charge in [-0.2, -0.15) is 0 Å². The average molecular weight is 181 g/mol. The van der Waals surface area contributed by atoms with Crippen molar-refractivity contribution in [2.75, 3.05) is 0 Å². The van der Waals surface area contributed by atoms with Gasteiger partial charge >= 0.3 is 0 Å². The van der Waals surface area contributed by atoms with Crippen molar-refractivity contribution in [2.24, 2.45) is 5.92 Å². The Labute approximate surface area is 82.8 Å². The topological polar surface area (TPSA) is 3.01 Å². The molecule has 0 spiro atoms. The molecule has 0 N–H and O–H groups in total. The molecule has 76 valence electrons. The molecule has 0 amide bonds. The van der Waals surface area contributed by atoms with Gasteiger partial charge in [-0.3, -0.25) is 0 Å². The van der Waals surface area contributed by atoms with Crippen molar-refractivity contribution < 1.29 is 0 Å². The molecule has 1 aliphatic heterocycles. The number of hydrogen-bond acceptors (Lipinski definition) is 1. The molecule has 0 aromatic carbocycles. The Morgan fingerprint density at radius 1 is 1.31 bits per heavy atom. The molecule has 1 saturated heterocycles. The van der Waals surface area contributed by atoms with E-state index in [0.717, 1.165) is 12.0 Å². The summed E-state index contributed by atoms with van der Waals surface area (Å²) in [6.45, 7) is 13.3. The van der Waals surface area contributed by atoms with Crippen molar-refractivity contribution in [3.05, 3.63) is 12.3 Å². The van der Waals surface area contributed by atoms with E-state index >= 15 is 0 Å². The monoisotopic (exact) mass is 181 g/mol. The Bertz CT molecular complexity index is 186. The highest BCUT2D eigenvalue weighted by molar-refractivity contribution is 5.24. The molecule has 1 fully saturated rings. The van der Waals surface area contributed by atoms with Crippen molar-refractivity contribution in [1.82, 2.24) is 4.90 Å². The second-order valence-corrected chi connectivity index (χ2v) is 4.18. The fourth-order valence-electron chi connectivity index (χ4n) is 2.32. The highest BCUT2D eigenvalue weighted by Crippen LogP contribution is 2.40. The van der Waals surface area contributed by atoms with Crippen LogP contribution in [0.1, 0.15) is 47.0 Å². The highest BCUT2D eigenvalue weighted by Gasteiger charge is 2.42. The molecule has 3 atom stereocenters. The SMILES string of the molecule is C=C1C(CC)N1C(CC)C(C)CC. The van der Waals surface area contributed by atoms with Gasteiger partial charge < -0.3 is 4.90 Å². The Kier molecular flexibility index (Phi) is 3.40. The lowest BCUT2D eigenvalue weighted by Gasteiger charge is -2.24. The zero-order valence-corrected chi connectivity index (χ0v) is 9.51. The minimum Gasteiger partial charge on any atom is -0.362 e. The Morgan fingerprint density at radius 3 is 2.23 bits per heavy atom. The first kappa shape index (κ1) is 10.6. The molecule has 13 heavy (non-hydrogen) atoms. The lowest BCUT2D eigenvalue weighted by Crippen LogP contribution is -2.26. The van der Waals surface area contributed by atoms with Crippen LogP contribution >= 0.6 is 0 Å². The minimum absolute atomic E-state index is 0.693. The number of hydrogen-bond donors (Lipinski definition) is 0. The largest absolute Gasteiger partial charge is 0.362 e. The third-order valence-electron chi connectivity index (χ3n) is 3.45. The van der Waals surface area contributed by atoms with Crippen LogP contribution in [0.25, 0.3) is 0 Å². The molecular weight excluding hydrogens is 158 g/mol. The molecule has 0 radical (unpaired) electrons. The van der Waals surface area contributed by atoms with Crippen LogP contribution in [-0.2, 0) is 0 Å². The molecule has 0 bridgehead atoms.